The maximum absolute atomic E-state index is 13.4. The van der Waals surface area contributed by atoms with Crippen molar-refractivity contribution in [3.63, 3.8) is 0 Å². The Labute approximate surface area is 198 Å². The van der Waals surface area contributed by atoms with E-state index < -0.39 is 0 Å². The van der Waals surface area contributed by atoms with Gasteiger partial charge in [-0.2, -0.15) is 5.10 Å². The maximum Gasteiger partial charge on any atom is 0.277 e. The molecule has 0 N–H and O–H groups in total. The molecule has 4 aromatic rings. The fourth-order valence-corrected chi connectivity index (χ4v) is 3.80. The summed E-state index contributed by atoms with van der Waals surface area (Å²) >= 11 is 0. The summed E-state index contributed by atoms with van der Waals surface area (Å²) in [4.78, 5) is 34.2. The van der Waals surface area contributed by atoms with Crippen LogP contribution in [0.25, 0.3) is 16.9 Å². The summed E-state index contributed by atoms with van der Waals surface area (Å²) < 4.78 is 8.42. The van der Waals surface area contributed by atoms with Crippen LogP contribution in [-0.4, -0.2) is 70.2 Å². The van der Waals surface area contributed by atoms with E-state index in [1.165, 1.54) is 15.8 Å². The highest BCUT2D eigenvalue weighted by Gasteiger charge is 2.27. The molecule has 0 saturated carbocycles. The molecular weight excluding hydrogens is 432 g/mol. The van der Waals surface area contributed by atoms with Crippen molar-refractivity contribution in [1.29, 1.82) is 0 Å². The van der Waals surface area contributed by atoms with Crippen molar-refractivity contribution in [2.24, 2.45) is 7.05 Å². The summed E-state index contributed by atoms with van der Waals surface area (Å²) in [6, 6.07) is 13.6. The predicted molar refractivity (Wildman–Crippen MR) is 130 cm³/mol. The molecule has 0 aliphatic carbocycles. The van der Waals surface area contributed by atoms with Crippen LogP contribution >= 0.6 is 0 Å². The molecule has 0 fully saturated rings. The number of fused-ring (bicyclic) bond motifs is 1. The van der Waals surface area contributed by atoms with E-state index in [0.717, 1.165) is 16.9 Å². The summed E-state index contributed by atoms with van der Waals surface area (Å²) in [6.45, 7) is 1.08. The van der Waals surface area contributed by atoms with E-state index in [1.807, 2.05) is 59.3 Å². The zero-order valence-electron chi connectivity index (χ0n) is 19.8. The molecule has 34 heavy (non-hydrogen) atoms. The third-order valence-electron chi connectivity index (χ3n) is 5.77. The number of ether oxygens (including phenoxy) is 1. The summed E-state index contributed by atoms with van der Waals surface area (Å²) in [6.07, 6.45) is 5.97. The lowest BCUT2D eigenvalue weighted by Gasteiger charge is -2.20. The number of nitrogens with zero attached hydrogens (tertiary/aromatic N) is 6. The number of rotatable bonds is 8. The molecule has 4 rings (SSSR count). The molecular formula is C25H28N6O3. The minimum Gasteiger partial charge on any atom is -0.385 e. The van der Waals surface area contributed by atoms with Gasteiger partial charge >= 0.3 is 0 Å². The fourth-order valence-electron chi connectivity index (χ4n) is 3.80. The molecule has 9 nitrogen and oxygen atoms in total. The van der Waals surface area contributed by atoms with E-state index in [1.54, 1.807) is 33.2 Å². The lowest BCUT2D eigenvalue weighted by atomic mass is 10.2. The van der Waals surface area contributed by atoms with Gasteiger partial charge in [0.1, 0.15) is 11.3 Å². The minimum absolute atomic E-state index is 0.235. The number of anilines is 1. The smallest absolute Gasteiger partial charge is 0.277 e. The molecule has 0 unspecified atom stereocenters. The Morgan fingerprint density at radius 3 is 2.59 bits per heavy atom. The number of amides is 2. The predicted octanol–water partition coefficient (Wildman–Crippen LogP) is 3.12. The van der Waals surface area contributed by atoms with Crippen molar-refractivity contribution in [3.8, 4) is 11.3 Å². The molecule has 0 aliphatic heterocycles. The van der Waals surface area contributed by atoms with E-state index in [2.05, 4.69) is 5.10 Å². The minimum atomic E-state index is -0.326. The number of aromatic nitrogens is 4. The van der Waals surface area contributed by atoms with Gasteiger partial charge in [0.25, 0.3) is 11.8 Å². The molecule has 0 radical (unpaired) electrons. The summed E-state index contributed by atoms with van der Waals surface area (Å²) in [7, 11) is 6.67. The third kappa shape index (κ3) is 4.55. The Kier molecular flexibility index (Phi) is 6.74. The zero-order valence-corrected chi connectivity index (χ0v) is 19.8. The molecule has 3 aromatic heterocycles. The van der Waals surface area contributed by atoms with Crippen LogP contribution < -0.4 is 4.90 Å². The molecule has 2 amide bonds. The molecule has 0 spiro atoms. The van der Waals surface area contributed by atoms with Gasteiger partial charge in [0.05, 0.1) is 17.5 Å². The van der Waals surface area contributed by atoms with Crippen LogP contribution in [0.2, 0.25) is 0 Å². The second kappa shape index (κ2) is 9.88. The highest BCUT2D eigenvalue weighted by molar-refractivity contribution is 6.12. The number of benzene rings is 1. The first-order valence-corrected chi connectivity index (χ1v) is 11.0. The number of methoxy groups -OCH3 is 1. The Bertz CT molecular complexity index is 1310. The van der Waals surface area contributed by atoms with Crippen LogP contribution in [-0.2, 0) is 11.8 Å². The third-order valence-corrected chi connectivity index (χ3v) is 5.77. The molecule has 0 atom stereocenters. The quantitative estimate of drug-likeness (QED) is 0.377. The van der Waals surface area contributed by atoms with Gasteiger partial charge in [0.2, 0.25) is 0 Å². The second-order valence-corrected chi connectivity index (χ2v) is 8.11. The van der Waals surface area contributed by atoms with Crippen LogP contribution in [0.3, 0.4) is 0 Å². The van der Waals surface area contributed by atoms with Gasteiger partial charge in [0, 0.05) is 71.1 Å². The SMILES string of the molecule is COCCCN(C)C(=O)c1cnn(C)c1C(=O)N(C)c1ccn2cc(-c3ccccc3)nc2c1. The monoisotopic (exact) mass is 460 g/mol. The average Bonchev–Trinajstić information content (AvgIpc) is 3.46. The average molecular weight is 461 g/mol. The van der Waals surface area contributed by atoms with Gasteiger partial charge in [-0.05, 0) is 12.5 Å². The van der Waals surface area contributed by atoms with Crippen molar-refractivity contribution in [2.75, 3.05) is 39.3 Å². The van der Waals surface area contributed by atoms with E-state index in [0.29, 0.717) is 25.3 Å². The number of hydrogen-bond donors (Lipinski definition) is 0. The van der Waals surface area contributed by atoms with Gasteiger partial charge in [-0.25, -0.2) is 4.98 Å². The number of hydrogen-bond acceptors (Lipinski definition) is 5. The number of carbonyl (C=O) groups excluding carboxylic acids is 2. The first-order chi connectivity index (χ1) is 16.4. The van der Waals surface area contributed by atoms with Gasteiger partial charge < -0.3 is 18.9 Å². The molecule has 1 aromatic carbocycles. The maximum atomic E-state index is 13.4. The second-order valence-electron chi connectivity index (χ2n) is 8.11. The van der Waals surface area contributed by atoms with Crippen molar-refractivity contribution in [2.45, 2.75) is 6.42 Å². The first kappa shape index (κ1) is 23.2. The molecule has 0 bridgehead atoms. The van der Waals surface area contributed by atoms with E-state index in [-0.39, 0.29) is 23.1 Å². The zero-order chi connectivity index (χ0) is 24.2. The first-order valence-electron chi connectivity index (χ1n) is 11.0. The molecule has 9 heteroatoms. The van der Waals surface area contributed by atoms with Gasteiger partial charge in [-0.15, -0.1) is 0 Å². The summed E-state index contributed by atoms with van der Waals surface area (Å²) in [5.41, 5.74) is 3.75. The van der Waals surface area contributed by atoms with Crippen molar-refractivity contribution in [3.05, 3.63) is 72.3 Å². The highest BCUT2D eigenvalue weighted by Crippen LogP contribution is 2.23. The molecule has 3 heterocycles. The number of aryl methyl sites for hydroxylation is 1. The summed E-state index contributed by atoms with van der Waals surface area (Å²) in [5, 5.41) is 4.18. The lowest BCUT2D eigenvalue weighted by Crippen LogP contribution is -2.33. The number of pyridine rings is 1. The Morgan fingerprint density at radius 2 is 1.85 bits per heavy atom. The molecule has 0 saturated heterocycles. The standard InChI is InChI=1S/C25H28N6O3/c1-28(12-8-14-34-4)24(32)20-16-26-30(3)23(20)25(33)29(2)19-11-13-31-17-21(27-22(31)15-19)18-9-6-5-7-10-18/h5-7,9-11,13,15-17H,8,12,14H2,1-4H3. The van der Waals surface area contributed by atoms with E-state index >= 15 is 0 Å². The van der Waals surface area contributed by atoms with Crippen LogP contribution in [0.5, 0.6) is 0 Å². The van der Waals surface area contributed by atoms with Crippen molar-refractivity contribution >= 4 is 23.1 Å². The Balaban J connectivity index is 1.59. The normalized spacial score (nSPS) is 11.1. The summed E-state index contributed by atoms with van der Waals surface area (Å²) in [5.74, 6) is -0.579. The van der Waals surface area contributed by atoms with Gasteiger partial charge in [-0.3, -0.25) is 14.3 Å². The Morgan fingerprint density at radius 1 is 1.09 bits per heavy atom. The number of imidazole rings is 1. The Hall–Kier alpha value is -3.98. The number of carbonyl (C=O) groups is 2. The van der Waals surface area contributed by atoms with Crippen LogP contribution in [0.1, 0.15) is 27.3 Å². The van der Waals surface area contributed by atoms with Crippen LogP contribution in [0.4, 0.5) is 5.69 Å². The van der Waals surface area contributed by atoms with Crippen LogP contribution in [0, 0.1) is 0 Å². The van der Waals surface area contributed by atoms with Crippen molar-refractivity contribution < 1.29 is 14.3 Å². The highest BCUT2D eigenvalue weighted by atomic mass is 16.5. The fraction of sp³-hybridized carbons (Fsp3) is 0.280. The van der Waals surface area contributed by atoms with E-state index in [4.69, 9.17) is 9.72 Å². The van der Waals surface area contributed by atoms with Crippen molar-refractivity contribution in [1.82, 2.24) is 24.1 Å². The molecule has 0 aliphatic rings. The largest absolute Gasteiger partial charge is 0.385 e. The lowest BCUT2D eigenvalue weighted by molar-refractivity contribution is 0.0773. The van der Waals surface area contributed by atoms with Gasteiger partial charge in [-0.1, -0.05) is 30.3 Å². The van der Waals surface area contributed by atoms with Gasteiger partial charge in [0.15, 0.2) is 0 Å². The van der Waals surface area contributed by atoms with E-state index in [9.17, 15) is 9.59 Å². The van der Waals surface area contributed by atoms with Crippen LogP contribution in [0.15, 0.2) is 61.1 Å². The topological polar surface area (TPSA) is 85.0 Å². The molecule has 176 valence electrons.